The van der Waals surface area contributed by atoms with Crippen LogP contribution in [0.15, 0.2) is 54.6 Å². The minimum Gasteiger partial charge on any atom is -0.494 e. The van der Waals surface area contributed by atoms with Crippen LogP contribution in [0.1, 0.15) is 38.3 Å². The summed E-state index contributed by atoms with van der Waals surface area (Å²) in [6, 6.07) is 16.6. The van der Waals surface area contributed by atoms with Gasteiger partial charge in [0.05, 0.1) is 13.2 Å². The predicted molar refractivity (Wildman–Crippen MR) is 92.6 cm³/mol. The number of benzene rings is 2. The fourth-order valence-electron chi connectivity index (χ4n) is 2.40. The van der Waals surface area contributed by atoms with E-state index in [0.717, 1.165) is 17.9 Å². The highest BCUT2D eigenvalue weighted by Gasteiger charge is 2.05. The third-order valence-electron chi connectivity index (χ3n) is 3.36. The Bertz CT molecular complexity index is 543. The highest BCUT2D eigenvalue weighted by Crippen LogP contribution is 2.27. The van der Waals surface area contributed by atoms with Gasteiger partial charge in [-0.05, 0) is 61.2 Å². The van der Waals surface area contributed by atoms with Gasteiger partial charge < -0.3 is 9.47 Å². The Morgan fingerprint density at radius 3 is 1.45 bits per heavy atom. The highest BCUT2D eigenvalue weighted by atomic mass is 16.5. The summed E-state index contributed by atoms with van der Waals surface area (Å²) in [7, 11) is 0. The average Bonchev–Trinajstić information content (AvgIpc) is 2.55. The molecule has 0 fully saturated rings. The van der Waals surface area contributed by atoms with E-state index >= 15 is 0 Å². The van der Waals surface area contributed by atoms with E-state index in [4.69, 9.17) is 9.47 Å². The first-order valence-electron chi connectivity index (χ1n) is 7.95. The third kappa shape index (κ3) is 4.14. The van der Waals surface area contributed by atoms with Crippen molar-refractivity contribution in [3.63, 3.8) is 0 Å². The predicted octanol–water partition coefficient (Wildman–Crippen LogP) is 5.33. The van der Waals surface area contributed by atoms with E-state index in [-0.39, 0.29) is 0 Å². The van der Waals surface area contributed by atoms with Gasteiger partial charge in [-0.1, -0.05) is 37.3 Å². The number of hydrogen-bond acceptors (Lipinski definition) is 2. The molecular formula is C20H24O2. The standard InChI is InChI=1S/C20H24O2/c1-4-7-20(16-8-12-18(13-9-16)21-5-2)17-10-14-19(15-11-17)22-6-3/h7-15H,4-6H2,1-3H3. The van der Waals surface area contributed by atoms with E-state index in [1.165, 1.54) is 16.7 Å². The SMILES string of the molecule is CCC=C(c1ccc(OCC)cc1)c1ccc(OCC)cc1. The normalized spacial score (nSPS) is 10.1. The third-order valence-corrected chi connectivity index (χ3v) is 3.36. The van der Waals surface area contributed by atoms with Crippen molar-refractivity contribution in [1.82, 2.24) is 0 Å². The molecule has 0 aliphatic rings. The van der Waals surface area contributed by atoms with Gasteiger partial charge in [-0.3, -0.25) is 0 Å². The Balaban J connectivity index is 2.27. The maximum absolute atomic E-state index is 5.51. The molecule has 0 spiro atoms. The van der Waals surface area contributed by atoms with Crippen LogP contribution in [-0.2, 0) is 0 Å². The van der Waals surface area contributed by atoms with Crippen LogP contribution in [0.5, 0.6) is 11.5 Å². The zero-order valence-corrected chi connectivity index (χ0v) is 13.6. The van der Waals surface area contributed by atoms with E-state index in [1.807, 2.05) is 38.1 Å². The van der Waals surface area contributed by atoms with Crippen molar-refractivity contribution in [2.75, 3.05) is 13.2 Å². The molecule has 22 heavy (non-hydrogen) atoms. The molecule has 0 bridgehead atoms. The first-order chi connectivity index (χ1) is 10.8. The van der Waals surface area contributed by atoms with Gasteiger partial charge in [0.2, 0.25) is 0 Å². The van der Waals surface area contributed by atoms with Crippen molar-refractivity contribution in [2.45, 2.75) is 27.2 Å². The second-order valence-corrected chi connectivity index (χ2v) is 4.94. The molecule has 0 radical (unpaired) electrons. The zero-order chi connectivity index (χ0) is 15.8. The second kappa shape index (κ2) is 8.28. The average molecular weight is 296 g/mol. The van der Waals surface area contributed by atoms with E-state index in [9.17, 15) is 0 Å². The van der Waals surface area contributed by atoms with E-state index in [0.29, 0.717) is 13.2 Å². The summed E-state index contributed by atoms with van der Waals surface area (Å²) in [4.78, 5) is 0. The van der Waals surface area contributed by atoms with Crippen LogP contribution in [-0.4, -0.2) is 13.2 Å². The van der Waals surface area contributed by atoms with Crippen LogP contribution in [0, 0.1) is 0 Å². The number of rotatable bonds is 7. The van der Waals surface area contributed by atoms with Crippen molar-refractivity contribution < 1.29 is 9.47 Å². The molecule has 0 unspecified atom stereocenters. The van der Waals surface area contributed by atoms with Crippen molar-refractivity contribution in [2.24, 2.45) is 0 Å². The lowest BCUT2D eigenvalue weighted by molar-refractivity contribution is 0.340. The first kappa shape index (κ1) is 16.2. The lowest BCUT2D eigenvalue weighted by atomic mass is 9.97. The molecule has 0 saturated heterocycles. The van der Waals surface area contributed by atoms with Crippen LogP contribution in [0.4, 0.5) is 0 Å². The van der Waals surface area contributed by atoms with Crippen LogP contribution in [0.2, 0.25) is 0 Å². The molecule has 0 aliphatic carbocycles. The largest absolute Gasteiger partial charge is 0.494 e. The molecule has 0 atom stereocenters. The monoisotopic (exact) mass is 296 g/mol. The number of allylic oxidation sites excluding steroid dienone is 1. The van der Waals surface area contributed by atoms with Crippen molar-refractivity contribution in [1.29, 1.82) is 0 Å². The molecular weight excluding hydrogens is 272 g/mol. The molecule has 0 amide bonds. The Morgan fingerprint density at radius 2 is 1.14 bits per heavy atom. The molecule has 0 aliphatic heterocycles. The maximum atomic E-state index is 5.51. The summed E-state index contributed by atoms with van der Waals surface area (Å²) in [5.41, 5.74) is 3.65. The summed E-state index contributed by atoms with van der Waals surface area (Å²) in [6.07, 6.45) is 3.25. The molecule has 116 valence electrons. The van der Waals surface area contributed by atoms with E-state index in [1.54, 1.807) is 0 Å². The van der Waals surface area contributed by atoms with Gasteiger partial charge >= 0.3 is 0 Å². The first-order valence-corrected chi connectivity index (χ1v) is 7.95. The fourth-order valence-corrected chi connectivity index (χ4v) is 2.40. The van der Waals surface area contributed by atoms with Crippen molar-refractivity contribution >= 4 is 5.57 Å². The molecule has 2 heteroatoms. The summed E-state index contributed by atoms with van der Waals surface area (Å²) in [6.45, 7) is 7.53. The van der Waals surface area contributed by atoms with Crippen LogP contribution in [0.3, 0.4) is 0 Å². The van der Waals surface area contributed by atoms with Gasteiger partial charge in [0.25, 0.3) is 0 Å². The van der Waals surface area contributed by atoms with Crippen molar-refractivity contribution in [3.05, 3.63) is 65.7 Å². The number of ether oxygens (including phenoxy) is 2. The molecule has 0 aromatic heterocycles. The quantitative estimate of drug-likeness (QED) is 0.688. The Labute approximate surface area is 133 Å². The minimum absolute atomic E-state index is 0.690. The number of hydrogen-bond donors (Lipinski definition) is 0. The van der Waals surface area contributed by atoms with E-state index < -0.39 is 0 Å². The van der Waals surface area contributed by atoms with Crippen LogP contribution < -0.4 is 9.47 Å². The topological polar surface area (TPSA) is 18.5 Å². The highest BCUT2D eigenvalue weighted by molar-refractivity contribution is 5.80. The lowest BCUT2D eigenvalue weighted by Crippen LogP contribution is -1.94. The molecule has 2 rings (SSSR count). The Kier molecular flexibility index (Phi) is 6.08. The molecule has 0 heterocycles. The minimum atomic E-state index is 0.690. The lowest BCUT2D eigenvalue weighted by Gasteiger charge is -2.11. The smallest absolute Gasteiger partial charge is 0.119 e. The summed E-state index contributed by atoms with van der Waals surface area (Å²) in [5, 5.41) is 0. The molecule has 2 aromatic rings. The Morgan fingerprint density at radius 1 is 0.727 bits per heavy atom. The zero-order valence-electron chi connectivity index (χ0n) is 13.6. The van der Waals surface area contributed by atoms with Gasteiger partial charge in [0.1, 0.15) is 11.5 Å². The molecule has 0 N–H and O–H groups in total. The molecule has 2 aromatic carbocycles. The van der Waals surface area contributed by atoms with Crippen LogP contribution >= 0.6 is 0 Å². The summed E-state index contributed by atoms with van der Waals surface area (Å²) in [5.74, 6) is 1.82. The van der Waals surface area contributed by atoms with Gasteiger partial charge in [0.15, 0.2) is 0 Å². The van der Waals surface area contributed by atoms with Crippen LogP contribution in [0.25, 0.3) is 5.57 Å². The summed E-state index contributed by atoms with van der Waals surface area (Å²) < 4.78 is 11.0. The van der Waals surface area contributed by atoms with Gasteiger partial charge in [-0.2, -0.15) is 0 Å². The summed E-state index contributed by atoms with van der Waals surface area (Å²) >= 11 is 0. The van der Waals surface area contributed by atoms with Gasteiger partial charge in [0, 0.05) is 0 Å². The van der Waals surface area contributed by atoms with E-state index in [2.05, 4.69) is 37.3 Å². The fraction of sp³-hybridized carbons (Fsp3) is 0.300. The van der Waals surface area contributed by atoms with Gasteiger partial charge in [-0.15, -0.1) is 0 Å². The second-order valence-electron chi connectivity index (χ2n) is 4.94. The molecule has 0 saturated carbocycles. The molecule has 2 nitrogen and oxygen atoms in total. The maximum Gasteiger partial charge on any atom is 0.119 e. The van der Waals surface area contributed by atoms with Crippen molar-refractivity contribution in [3.8, 4) is 11.5 Å². The Hall–Kier alpha value is -2.22. The van der Waals surface area contributed by atoms with Gasteiger partial charge in [-0.25, -0.2) is 0 Å².